The first-order valence-corrected chi connectivity index (χ1v) is 8.38. The van der Waals surface area contributed by atoms with Gasteiger partial charge in [0.05, 0.1) is 27.7 Å². The first-order chi connectivity index (χ1) is 10.0. The zero-order valence-electron chi connectivity index (χ0n) is 11.8. The van der Waals surface area contributed by atoms with Crippen LogP contribution in [0.15, 0.2) is 16.6 Å². The molecule has 1 aliphatic rings. The Hall–Kier alpha value is -0.650. The van der Waals surface area contributed by atoms with Gasteiger partial charge in [0.1, 0.15) is 11.6 Å². The average Bonchev–Trinajstić information content (AvgIpc) is 2.78. The van der Waals surface area contributed by atoms with Crippen LogP contribution in [0.2, 0.25) is 0 Å². The predicted octanol–water partition coefficient (Wildman–Crippen LogP) is 4.24. The molecule has 1 aliphatic heterocycles. The minimum atomic E-state index is -0.297. The van der Waals surface area contributed by atoms with Crippen LogP contribution in [-0.2, 0) is 16.7 Å². The molecule has 1 aromatic carbocycles. The second-order valence-electron chi connectivity index (χ2n) is 5.71. The van der Waals surface area contributed by atoms with Crippen molar-refractivity contribution in [1.29, 1.82) is 0 Å². The number of halogens is 3. The van der Waals surface area contributed by atoms with Gasteiger partial charge in [0.25, 0.3) is 0 Å². The van der Waals surface area contributed by atoms with Gasteiger partial charge in [-0.15, -0.1) is 11.6 Å². The van der Waals surface area contributed by atoms with E-state index in [0.29, 0.717) is 28.9 Å². The topological polar surface area (TPSA) is 27.1 Å². The van der Waals surface area contributed by atoms with Gasteiger partial charge in [0, 0.05) is 25.0 Å². The molecule has 114 valence electrons. The minimum absolute atomic E-state index is 0.161. The summed E-state index contributed by atoms with van der Waals surface area (Å²) < 4.78 is 22.1. The van der Waals surface area contributed by atoms with Crippen LogP contribution in [0.1, 0.15) is 25.6 Å². The lowest BCUT2D eigenvalue weighted by atomic mass is 9.94. The third-order valence-corrected chi connectivity index (χ3v) is 4.84. The van der Waals surface area contributed by atoms with Crippen molar-refractivity contribution in [2.45, 2.75) is 31.7 Å². The van der Waals surface area contributed by atoms with Gasteiger partial charge >= 0.3 is 0 Å². The summed E-state index contributed by atoms with van der Waals surface area (Å²) in [4.78, 5) is 4.59. The zero-order chi connectivity index (χ0) is 15.0. The summed E-state index contributed by atoms with van der Waals surface area (Å²) in [5.74, 6) is 1.09. The lowest BCUT2D eigenvalue weighted by Crippen LogP contribution is -2.40. The van der Waals surface area contributed by atoms with E-state index in [0.717, 1.165) is 30.8 Å². The van der Waals surface area contributed by atoms with Crippen molar-refractivity contribution >= 4 is 38.6 Å². The quantitative estimate of drug-likeness (QED) is 0.750. The van der Waals surface area contributed by atoms with Gasteiger partial charge < -0.3 is 9.30 Å². The highest BCUT2D eigenvalue weighted by atomic mass is 79.9. The maximum atomic E-state index is 13.8. The Morgan fingerprint density at radius 3 is 3.00 bits per heavy atom. The summed E-state index contributed by atoms with van der Waals surface area (Å²) in [6.45, 7) is 3.61. The summed E-state index contributed by atoms with van der Waals surface area (Å²) >= 11 is 9.18. The Balaban J connectivity index is 2.22. The monoisotopic (exact) mass is 374 g/mol. The molecule has 1 unspecified atom stereocenters. The molecule has 0 spiro atoms. The molecule has 0 saturated carbocycles. The maximum Gasteiger partial charge on any atom is 0.139 e. The highest BCUT2D eigenvalue weighted by Gasteiger charge is 2.33. The van der Waals surface area contributed by atoms with E-state index >= 15 is 0 Å². The smallest absolute Gasteiger partial charge is 0.139 e. The van der Waals surface area contributed by atoms with Crippen molar-refractivity contribution in [1.82, 2.24) is 9.55 Å². The molecular weight excluding hydrogens is 359 g/mol. The Morgan fingerprint density at radius 2 is 2.33 bits per heavy atom. The lowest BCUT2D eigenvalue weighted by Gasteiger charge is -2.36. The number of alkyl halides is 1. The number of imidazole rings is 1. The number of hydrogen-bond donors (Lipinski definition) is 0. The summed E-state index contributed by atoms with van der Waals surface area (Å²) in [5.41, 5.74) is 1.44. The lowest BCUT2D eigenvalue weighted by molar-refractivity contribution is 0.0102. The van der Waals surface area contributed by atoms with Gasteiger partial charge in [-0.2, -0.15) is 0 Å². The van der Waals surface area contributed by atoms with Gasteiger partial charge in [-0.1, -0.05) is 0 Å². The van der Waals surface area contributed by atoms with Gasteiger partial charge in [-0.3, -0.25) is 0 Å². The van der Waals surface area contributed by atoms with E-state index in [2.05, 4.69) is 32.4 Å². The number of benzene rings is 1. The Kier molecular flexibility index (Phi) is 4.26. The van der Waals surface area contributed by atoms with Crippen molar-refractivity contribution in [2.75, 3.05) is 19.1 Å². The van der Waals surface area contributed by atoms with Crippen molar-refractivity contribution in [3.63, 3.8) is 0 Å². The molecule has 6 heteroatoms. The fraction of sp³-hybridized carbons (Fsp3) is 0.533. The van der Waals surface area contributed by atoms with Gasteiger partial charge in [-0.05, 0) is 41.8 Å². The Labute approximate surface area is 136 Å². The van der Waals surface area contributed by atoms with Crippen LogP contribution in [0.3, 0.4) is 0 Å². The Morgan fingerprint density at radius 1 is 1.52 bits per heavy atom. The third kappa shape index (κ3) is 2.71. The molecule has 2 heterocycles. The highest BCUT2D eigenvalue weighted by molar-refractivity contribution is 9.10. The highest BCUT2D eigenvalue weighted by Crippen LogP contribution is 2.34. The Bertz CT molecular complexity index is 667. The molecule has 1 atom stereocenters. The molecule has 0 amide bonds. The molecule has 0 radical (unpaired) electrons. The SMILES string of the molecule is CC1(n2c(CCCl)nc3cc(F)c(Br)cc32)CCCOC1. The number of hydrogen-bond acceptors (Lipinski definition) is 2. The van der Waals surface area contributed by atoms with Crippen LogP contribution in [0, 0.1) is 5.82 Å². The van der Waals surface area contributed by atoms with Gasteiger partial charge in [0.2, 0.25) is 0 Å². The molecule has 1 saturated heterocycles. The van der Waals surface area contributed by atoms with Crippen LogP contribution in [-0.4, -0.2) is 28.6 Å². The van der Waals surface area contributed by atoms with Crippen LogP contribution in [0.4, 0.5) is 4.39 Å². The van der Waals surface area contributed by atoms with Crippen LogP contribution < -0.4 is 0 Å². The number of nitrogens with zero attached hydrogens (tertiary/aromatic N) is 2. The number of ether oxygens (including phenoxy) is 1. The normalized spacial score (nSPS) is 22.9. The number of aromatic nitrogens is 2. The van der Waals surface area contributed by atoms with Crippen LogP contribution in [0.5, 0.6) is 0 Å². The molecule has 1 fully saturated rings. The first-order valence-electron chi connectivity index (χ1n) is 7.06. The molecular formula is C15H17BrClFN2O. The molecule has 0 aliphatic carbocycles. The number of aryl methyl sites for hydroxylation is 1. The van der Waals surface area contributed by atoms with Crippen molar-refractivity contribution < 1.29 is 9.13 Å². The average molecular weight is 376 g/mol. The summed E-state index contributed by atoms with van der Waals surface area (Å²) in [6, 6.07) is 3.27. The fourth-order valence-corrected chi connectivity index (χ4v) is 3.57. The molecule has 21 heavy (non-hydrogen) atoms. The minimum Gasteiger partial charge on any atom is -0.379 e. The van der Waals surface area contributed by atoms with E-state index in [-0.39, 0.29) is 11.4 Å². The van der Waals surface area contributed by atoms with Crippen molar-refractivity contribution in [3.05, 3.63) is 28.2 Å². The number of rotatable bonds is 3. The second-order valence-corrected chi connectivity index (χ2v) is 6.94. The van der Waals surface area contributed by atoms with E-state index < -0.39 is 0 Å². The van der Waals surface area contributed by atoms with Crippen LogP contribution >= 0.6 is 27.5 Å². The molecule has 0 N–H and O–H groups in total. The molecule has 3 rings (SSSR count). The van der Waals surface area contributed by atoms with E-state index in [9.17, 15) is 4.39 Å². The van der Waals surface area contributed by atoms with E-state index in [1.54, 1.807) is 6.07 Å². The summed E-state index contributed by atoms with van der Waals surface area (Å²) in [6.07, 6.45) is 2.69. The second kappa shape index (κ2) is 5.86. The van der Waals surface area contributed by atoms with E-state index in [1.165, 1.54) is 6.07 Å². The predicted molar refractivity (Wildman–Crippen MR) is 85.5 cm³/mol. The third-order valence-electron chi connectivity index (χ3n) is 4.04. The molecule has 0 bridgehead atoms. The van der Waals surface area contributed by atoms with E-state index in [4.69, 9.17) is 16.3 Å². The molecule has 2 aromatic rings. The van der Waals surface area contributed by atoms with Crippen LogP contribution in [0.25, 0.3) is 11.0 Å². The standard InChI is InChI=1S/C15H17BrClFN2O/c1-15(4-2-6-21-9-15)20-13-7-10(16)11(18)8-12(13)19-14(20)3-5-17/h7-8H,2-6,9H2,1H3. The number of fused-ring (bicyclic) bond motifs is 1. The first kappa shape index (κ1) is 15.3. The van der Waals surface area contributed by atoms with Gasteiger partial charge in [-0.25, -0.2) is 9.37 Å². The largest absolute Gasteiger partial charge is 0.379 e. The molecule has 1 aromatic heterocycles. The maximum absolute atomic E-state index is 13.8. The van der Waals surface area contributed by atoms with Gasteiger partial charge in [0.15, 0.2) is 0 Å². The van der Waals surface area contributed by atoms with Crippen molar-refractivity contribution in [3.8, 4) is 0 Å². The fourth-order valence-electron chi connectivity index (χ4n) is 3.07. The summed E-state index contributed by atoms with van der Waals surface area (Å²) in [5, 5.41) is 0. The van der Waals surface area contributed by atoms with E-state index in [1.807, 2.05) is 0 Å². The zero-order valence-corrected chi connectivity index (χ0v) is 14.2. The van der Waals surface area contributed by atoms with Crippen molar-refractivity contribution in [2.24, 2.45) is 0 Å². The summed E-state index contributed by atoms with van der Waals surface area (Å²) in [7, 11) is 0. The molecule has 3 nitrogen and oxygen atoms in total.